The Balaban J connectivity index is 2.40. The number of alkyl halides is 4. The second-order valence-electron chi connectivity index (χ2n) is 4.66. The first-order valence-corrected chi connectivity index (χ1v) is 5.88. The zero-order valence-electron chi connectivity index (χ0n) is 11.1. The summed E-state index contributed by atoms with van der Waals surface area (Å²) in [6.45, 7) is 1.61. The van der Waals surface area contributed by atoms with Crippen molar-refractivity contribution in [2.45, 2.75) is 31.9 Å². The molecule has 1 amide bonds. The Morgan fingerprint density at radius 1 is 1.43 bits per heavy atom. The van der Waals surface area contributed by atoms with Crippen molar-refractivity contribution in [3.63, 3.8) is 0 Å². The molecular formula is C11H12F4N4O2. The van der Waals surface area contributed by atoms with E-state index in [0.717, 1.165) is 0 Å². The fourth-order valence-corrected chi connectivity index (χ4v) is 1.88. The van der Waals surface area contributed by atoms with Crippen LogP contribution in [-0.4, -0.2) is 50.1 Å². The number of amides is 1. The van der Waals surface area contributed by atoms with Gasteiger partial charge in [-0.1, -0.05) is 0 Å². The summed E-state index contributed by atoms with van der Waals surface area (Å²) < 4.78 is 52.5. The van der Waals surface area contributed by atoms with Gasteiger partial charge in [-0.25, -0.2) is 17.6 Å². The summed E-state index contributed by atoms with van der Waals surface area (Å²) in [6, 6.07) is 1.28. The topological polar surface area (TPSA) is 70.7 Å². The van der Waals surface area contributed by atoms with E-state index < -0.39 is 36.6 Å². The van der Waals surface area contributed by atoms with Gasteiger partial charge in [-0.2, -0.15) is 15.2 Å². The van der Waals surface area contributed by atoms with E-state index >= 15 is 0 Å². The van der Waals surface area contributed by atoms with Crippen LogP contribution in [0.25, 0.3) is 0 Å². The van der Waals surface area contributed by atoms with Gasteiger partial charge in [0.25, 0.3) is 18.8 Å². The van der Waals surface area contributed by atoms with Crippen molar-refractivity contribution in [1.82, 2.24) is 14.8 Å². The van der Waals surface area contributed by atoms with E-state index in [4.69, 9.17) is 0 Å². The number of aliphatic hydroxyl groups is 1. The van der Waals surface area contributed by atoms with Gasteiger partial charge < -0.3 is 5.11 Å². The first-order valence-electron chi connectivity index (χ1n) is 5.88. The zero-order chi connectivity index (χ0) is 15.9. The molecule has 10 heteroatoms. The van der Waals surface area contributed by atoms with Crippen LogP contribution in [0.15, 0.2) is 11.2 Å². The largest absolute Gasteiger partial charge is 0.364 e. The number of hydrazone groups is 1. The van der Waals surface area contributed by atoms with Gasteiger partial charge in [0, 0.05) is 19.2 Å². The second kappa shape index (κ2) is 5.10. The van der Waals surface area contributed by atoms with Crippen LogP contribution in [0.1, 0.15) is 22.6 Å². The molecule has 1 aliphatic heterocycles. The minimum Gasteiger partial charge on any atom is -0.364 e. The molecule has 0 aromatic carbocycles. The first-order chi connectivity index (χ1) is 9.66. The van der Waals surface area contributed by atoms with Crippen molar-refractivity contribution in [3.8, 4) is 0 Å². The van der Waals surface area contributed by atoms with Crippen LogP contribution < -0.4 is 0 Å². The molecule has 6 nitrogen and oxygen atoms in total. The van der Waals surface area contributed by atoms with Crippen LogP contribution in [0.2, 0.25) is 0 Å². The van der Waals surface area contributed by atoms with Gasteiger partial charge in [0.2, 0.25) is 5.72 Å². The van der Waals surface area contributed by atoms with Gasteiger partial charge in [0.05, 0.1) is 0 Å². The molecular weight excluding hydrogens is 296 g/mol. The minimum absolute atomic E-state index is 0.0130. The van der Waals surface area contributed by atoms with E-state index in [0.29, 0.717) is 5.69 Å². The molecule has 0 saturated carbocycles. The third-order valence-electron chi connectivity index (χ3n) is 3.16. The lowest BCUT2D eigenvalue weighted by molar-refractivity contribution is -0.164. The molecule has 1 aromatic rings. The SMILES string of the molecule is Cc1cc(C(=O)N2N=C(C(F)F)CC2(O)C(F)F)nn1C. The molecule has 0 spiro atoms. The Bertz CT molecular complexity index is 582. The molecule has 0 radical (unpaired) electrons. The van der Waals surface area contributed by atoms with E-state index in [1.807, 2.05) is 0 Å². The Hall–Kier alpha value is -1.97. The number of aryl methyl sites for hydroxylation is 2. The van der Waals surface area contributed by atoms with Crippen LogP contribution >= 0.6 is 0 Å². The molecule has 2 heterocycles. The van der Waals surface area contributed by atoms with E-state index in [9.17, 15) is 27.5 Å². The number of halogens is 4. The van der Waals surface area contributed by atoms with Gasteiger partial charge in [0.1, 0.15) is 5.71 Å². The average Bonchev–Trinajstić information content (AvgIpc) is 2.91. The zero-order valence-corrected chi connectivity index (χ0v) is 11.1. The highest BCUT2D eigenvalue weighted by molar-refractivity contribution is 5.98. The molecule has 0 bridgehead atoms. The third kappa shape index (κ3) is 2.50. The average molecular weight is 308 g/mol. The number of hydrogen-bond acceptors (Lipinski definition) is 4. The van der Waals surface area contributed by atoms with E-state index in [1.54, 1.807) is 6.92 Å². The standard InChI is InChI=1S/C11H12F4N4O2/c1-5-3-6(16-18(5)2)9(20)19-11(21,10(14)15)4-7(17-19)8(12)13/h3,8,10,21H,4H2,1-2H3. The van der Waals surface area contributed by atoms with E-state index in [-0.39, 0.29) is 10.7 Å². The highest BCUT2D eigenvalue weighted by atomic mass is 19.3. The van der Waals surface area contributed by atoms with Gasteiger partial charge in [-0.15, -0.1) is 0 Å². The molecule has 0 fully saturated rings. The van der Waals surface area contributed by atoms with Crippen LogP contribution in [0.4, 0.5) is 17.6 Å². The summed E-state index contributed by atoms with van der Waals surface area (Å²) in [5, 5.41) is 16.7. The lowest BCUT2D eigenvalue weighted by atomic mass is 10.1. The predicted molar refractivity (Wildman–Crippen MR) is 63.1 cm³/mol. The van der Waals surface area contributed by atoms with Crippen LogP contribution in [0, 0.1) is 6.92 Å². The third-order valence-corrected chi connectivity index (χ3v) is 3.16. The van der Waals surface area contributed by atoms with Gasteiger partial charge in [0.15, 0.2) is 5.69 Å². The Kier molecular flexibility index (Phi) is 3.74. The molecule has 1 atom stereocenters. The Labute approximate surface area is 116 Å². The smallest absolute Gasteiger partial charge is 0.297 e. The maximum absolute atomic E-state index is 13.0. The van der Waals surface area contributed by atoms with E-state index in [2.05, 4.69) is 10.2 Å². The summed E-state index contributed by atoms with van der Waals surface area (Å²) in [7, 11) is 1.52. The number of rotatable bonds is 3. The van der Waals surface area contributed by atoms with Gasteiger partial charge in [-0.05, 0) is 13.0 Å². The van der Waals surface area contributed by atoms with Crippen molar-refractivity contribution < 1.29 is 27.5 Å². The van der Waals surface area contributed by atoms with Gasteiger partial charge >= 0.3 is 0 Å². The van der Waals surface area contributed by atoms with Crippen molar-refractivity contribution in [3.05, 3.63) is 17.5 Å². The number of aromatic nitrogens is 2. The minimum atomic E-state index is -3.45. The number of nitrogens with zero attached hydrogens (tertiary/aromatic N) is 4. The number of hydrogen-bond donors (Lipinski definition) is 1. The molecule has 0 saturated heterocycles. The fourth-order valence-electron chi connectivity index (χ4n) is 1.88. The number of carbonyl (C=O) groups is 1. The van der Waals surface area contributed by atoms with Crippen molar-refractivity contribution in [1.29, 1.82) is 0 Å². The normalized spacial score (nSPS) is 22.3. The fraction of sp³-hybridized carbons (Fsp3) is 0.545. The molecule has 21 heavy (non-hydrogen) atoms. The molecule has 1 aromatic heterocycles. The number of carbonyl (C=O) groups excluding carboxylic acids is 1. The quantitative estimate of drug-likeness (QED) is 0.852. The summed E-state index contributed by atoms with van der Waals surface area (Å²) in [5.41, 5.74) is -3.78. The van der Waals surface area contributed by atoms with Gasteiger partial charge in [-0.3, -0.25) is 9.48 Å². The van der Waals surface area contributed by atoms with Crippen LogP contribution in [0.3, 0.4) is 0 Å². The van der Waals surface area contributed by atoms with Crippen molar-refractivity contribution in [2.75, 3.05) is 0 Å². The summed E-state index contributed by atoms with van der Waals surface area (Å²) >= 11 is 0. The summed E-state index contributed by atoms with van der Waals surface area (Å²) in [4.78, 5) is 12.1. The lowest BCUT2D eigenvalue weighted by Gasteiger charge is -2.29. The maximum atomic E-state index is 13.0. The highest BCUT2D eigenvalue weighted by Gasteiger charge is 2.53. The van der Waals surface area contributed by atoms with Crippen LogP contribution in [-0.2, 0) is 7.05 Å². The monoisotopic (exact) mass is 308 g/mol. The molecule has 1 aliphatic rings. The molecule has 1 unspecified atom stereocenters. The maximum Gasteiger partial charge on any atom is 0.297 e. The highest BCUT2D eigenvalue weighted by Crippen LogP contribution is 2.34. The van der Waals surface area contributed by atoms with Crippen LogP contribution in [0.5, 0.6) is 0 Å². The molecule has 2 rings (SSSR count). The summed E-state index contributed by atoms with van der Waals surface area (Å²) in [5.74, 6) is -1.17. The summed E-state index contributed by atoms with van der Waals surface area (Å²) in [6.07, 6.45) is -7.70. The Morgan fingerprint density at radius 2 is 2.05 bits per heavy atom. The molecule has 116 valence electrons. The molecule has 0 aliphatic carbocycles. The van der Waals surface area contributed by atoms with E-state index in [1.165, 1.54) is 17.8 Å². The van der Waals surface area contributed by atoms with Crippen molar-refractivity contribution >= 4 is 11.6 Å². The predicted octanol–water partition coefficient (Wildman–Crippen LogP) is 1.15. The van der Waals surface area contributed by atoms with Crippen molar-refractivity contribution in [2.24, 2.45) is 12.1 Å². The second-order valence-corrected chi connectivity index (χ2v) is 4.66. The Morgan fingerprint density at radius 3 is 2.48 bits per heavy atom. The molecule has 1 N–H and O–H groups in total. The lowest BCUT2D eigenvalue weighted by Crippen LogP contribution is -2.51. The first kappa shape index (κ1) is 15.4.